The lowest BCUT2D eigenvalue weighted by atomic mass is 10.1. The Morgan fingerprint density at radius 3 is 2.85 bits per heavy atom. The van der Waals surface area contributed by atoms with Crippen molar-refractivity contribution in [1.82, 2.24) is 4.98 Å². The predicted molar refractivity (Wildman–Crippen MR) is 45.5 cm³/mol. The normalized spacial score (nSPS) is 9.00. The number of methoxy groups -OCH3 is 1. The second-order valence-electron chi connectivity index (χ2n) is 2.45. The molecule has 0 unspecified atom stereocenters. The Hall–Kier alpha value is -1.89. The molecule has 0 saturated heterocycles. The van der Waals surface area contributed by atoms with E-state index in [4.69, 9.17) is 10.00 Å². The van der Waals surface area contributed by atoms with E-state index >= 15 is 0 Å². The summed E-state index contributed by atoms with van der Waals surface area (Å²) in [6.07, 6.45) is 1.39. The average molecular weight is 176 g/mol. The van der Waals surface area contributed by atoms with Crippen LogP contribution in [0.1, 0.15) is 22.8 Å². The van der Waals surface area contributed by atoms with Crippen molar-refractivity contribution in [2.75, 3.05) is 7.11 Å². The second kappa shape index (κ2) is 3.68. The van der Waals surface area contributed by atoms with Gasteiger partial charge in [0.25, 0.3) is 0 Å². The minimum atomic E-state index is -0.119. The maximum absolute atomic E-state index is 10.9. The van der Waals surface area contributed by atoms with Gasteiger partial charge in [0.05, 0.1) is 7.11 Å². The van der Waals surface area contributed by atoms with E-state index in [-0.39, 0.29) is 17.2 Å². The van der Waals surface area contributed by atoms with E-state index in [1.54, 1.807) is 0 Å². The molecule has 13 heavy (non-hydrogen) atoms. The number of Topliss-reactive ketones (excluding diaryl/α,β-unsaturated/α-hetero) is 1. The molecule has 66 valence electrons. The van der Waals surface area contributed by atoms with Crippen LogP contribution in [-0.2, 0) is 0 Å². The maximum atomic E-state index is 10.9. The molecule has 0 aliphatic carbocycles. The molecule has 1 heterocycles. The highest BCUT2D eigenvalue weighted by Crippen LogP contribution is 2.14. The summed E-state index contributed by atoms with van der Waals surface area (Å²) in [5.41, 5.74) is 0.688. The molecular formula is C9H8N2O2. The van der Waals surface area contributed by atoms with Gasteiger partial charge in [-0.25, -0.2) is 4.98 Å². The van der Waals surface area contributed by atoms with Crippen molar-refractivity contribution in [2.45, 2.75) is 6.92 Å². The van der Waals surface area contributed by atoms with Gasteiger partial charge in [-0.2, -0.15) is 5.26 Å². The molecule has 4 heteroatoms. The fourth-order valence-electron chi connectivity index (χ4n) is 0.888. The molecule has 0 atom stereocenters. The zero-order valence-corrected chi connectivity index (χ0v) is 7.37. The Balaban J connectivity index is 3.23. The Kier molecular flexibility index (Phi) is 2.60. The summed E-state index contributed by atoms with van der Waals surface area (Å²) in [5.74, 6) is 0.124. The number of pyridine rings is 1. The number of carbonyl (C=O) groups excluding carboxylic acids is 1. The molecule has 0 aliphatic heterocycles. The van der Waals surface area contributed by atoms with E-state index in [2.05, 4.69) is 4.98 Å². The van der Waals surface area contributed by atoms with Crippen LogP contribution in [0.5, 0.6) is 5.88 Å². The summed E-state index contributed by atoms with van der Waals surface area (Å²) in [5, 5.41) is 8.67. The van der Waals surface area contributed by atoms with Gasteiger partial charge in [0.1, 0.15) is 11.6 Å². The third kappa shape index (κ3) is 1.82. The minimum absolute atomic E-state index is 0.119. The van der Waals surface area contributed by atoms with Gasteiger partial charge in [0.2, 0.25) is 5.88 Å². The van der Waals surface area contributed by atoms with Gasteiger partial charge >= 0.3 is 0 Å². The smallest absolute Gasteiger partial charge is 0.231 e. The lowest BCUT2D eigenvalue weighted by molar-refractivity contribution is 0.101. The minimum Gasteiger partial charge on any atom is -0.480 e. The van der Waals surface area contributed by atoms with Crippen LogP contribution in [0.2, 0.25) is 0 Å². The summed E-state index contributed by atoms with van der Waals surface area (Å²) in [6.45, 7) is 1.42. The lowest BCUT2D eigenvalue weighted by Crippen LogP contribution is -1.98. The first-order valence-electron chi connectivity index (χ1n) is 3.64. The Bertz CT molecular complexity index is 380. The number of nitriles is 1. The van der Waals surface area contributed by atoms with E-state index in [1.165, 1.54) is 26.3 Å². The van der Waals surface area contributed by atoms with Crippen LogP contribution in [0.15, 0.2) is 12.3 Å². The summed E-state index contributed by atoms with van der Waals surface area (Å²) in [4.78, 5) is 14.7. The molecule has 0 fully saturated rings. The monoisotopic (exact) mass is 176 g/mol. The molecule has 0 amide bonds. The number of ether oxygens (including phenoxy) is 1. The largest absolute Gasteiger partial charge is 0.480 e. The Labute approximate surface area is 75.8 Å². The van der Waals surface area contributed by atoms with Gasteiger partial charge in [-0.1, -0.05) is 0 Å². The van der Waals surface area contributed by atoms with Crippen molar-refractivity contribution in [2.24, 2.45) is 0 Å². The van der Waals surface area contributed by atoms with Crippen LogP contribution >= 0.6 is 0 Å². The number of ketones is 1. The van der Waals surface area contributed by atoms with Crippen LogP contribution in [0.25, 0.3) is 0 Å². The van der Waals surface area contributed by atoms with Crippen molar-refractivity contribution in [3.8, 4) is 11.9 Å². The number of aromatic nitrogens is 1. The van der Waals surface area contributed by atoms with Crippen molar-refractivity contribution < 1.29 is 9.53 Å². The molecule has 0 radical (unpaired) electrons. The molecular weight excluding hydrogens is 168 g/mol. The Morgan fingerprint density at radius 1 is 1.69 bits per heavy atom. The molecule has 1 aromatic heterocycles. The third-order valence-corrected chi connectivity index (χ3v) is 1.57. The third-order valence-electron chi connectivity index (χ3n) is 1.57. The highest BCUT2D eigenvalue weighted by Gasteiger charge is 2.07. The van der Waals surface area contributed by atoms with Gasteiger partial charge in [-0.05, 0) is 13.0 Å². The van der Waals surface area contributed by atoms with E-state index < -0.39 is 0 Å². The standard InChI is InChI=1S/C9H8N2O2/c1-6(12)8-3-7(4-10)9(13-2)11-5-8/h3,5H,1-2H3. The first-order chi connectivity index (χ1) is 6.19. The predicted octanol–water partition coefficient (Wildman–Crippen LogP) is 1.16. The molecule has 0 aliphatic rings. The van der Waals surface area contributed by atoms with Crippen LogP contribution in [0, 0.1) is 11.3 Å². The molecule has 4 nitrogen and oxygen atoms in total. The van der Waals surface area contributed by atoms with Crippen LogP contribution in [0.4, 0.5) is 0 Å². The fraction of sp³-hybridized carbons (Fsp3) is 0.222. The molecule has 1 aromatic rings. The number of hydrogen-bond acceptors (Lipinski definition) is 4. The van der Waals surface area contributed by atoms with E-state index in [0.717, 1.165) is 0 Å². The number of carbonyl (C=O) groups is 1. The SMILES string of the molecule is COc1ncc(C(C)=O)cc1C#N. The van der Waals surface area contributed by atoms with Crippen LogP contribution in [-0.4, -0.2) is 17.9 Å². The topological polar surface area (TPSA) is 63.0 Å². The zero-order valence-electron chi connectivity index (χ0n) is 7.37. The summed E-state index contributed by atoms with van der Waals surface area (Å²) in [6, 6.07) is 3.37. The highest BCUT2D eigenvalue weighted by molar-refractivity contribution is 5.94. The molecule has 1 rings (SSSR count). The van der Waals surface area contributed by atoms with Gasteiger partial charge in [0, 0.05) is 11.8 Å². The first-order valence-corrected chi connectivity index (χ1v) is 3.64. The summed E-state index contributed by atoms with van der Waals surface area (Å²) >= 11 is 0. The summed E-state index contributed by atoms with van der Waals surface area (Å²) in [7, 11) is 1.43. The molecule has 0 spiro atoms. The van der Waals surface area contributed by atoms with Gasteiger partial charge in [-0.15, -0.1) is 0 Å². The van der Waals surface area contributed by atoms with Crippen molar-refractivity contribution in [3.63, 3.8) is 0 Å². The quantitative estimate of drug-likeness (QED) is 0.634. The molecule has 0 saturated carbocycles. The molecule has 0 N–H and O–H groups in total. The van der Waals surface area contributed by atoms with Crippen molar-refractivity contribution in [3.05, 3.63) is 23.4 Å². The zero-order chi connectivity index (χ0) is 9.84. The van der Waals surface area contributed by atoms with Crippen LogP contribution < -0.4 is 4.74 Å². The maximum Gasteiger partial charge on any atom is 0.231 e. The lowest BCUT2D eigenvalue weighted by Gasteiger charge is -2.01. The van der Waals surface area contributed by atoms with Crippen molar-refractivity contribution in [1.29, 1.82) is 5.26 Å². The van der Waals surface area contributed by atoms with E-state index in [1.807, 2.05) is 6.07 Å². The number of rotatable bonds is 2. The first kappa shape index (κ1) is 9.20. The Morgan fingerprint density at radius 2 is 2.38 bits per heavy atom. The van der Waals surface area contributed by atoms with E-state index in [0.29, 0.717) is 5.56 Å². The number of hydrogen-bond donors (Lipinski definition) is 0. The average Bonchev–Trinajstić information content (AvgIpc) is 2.16. The number of nitrogens with zero attached hydrogens (tertiary/aromatic N) is 2. The van der Waals surface area contributed by atoms with Gasteiger partial charge in [-0.3, -0.25) is 4.79 Å². The second-order valence-corrected chi connectivity index (χ2v) is 2.45. The van der Waals surface area contributed by atoms with Crippen LogP contribution in [0.3, 0.4) is 0 Å². The van der Waals surface area contributed by atoms with Crippen molar-refractivity contribution >= 4 is 5.78 Å². The van der Waals surface area contributed by atoms with Gasteiger partial charge in [0.15, 0.2) is 5.78 Å². The van der Waals surface area contributed by atoms with Gasteiger partial charge < -0.3 is 4.74 Å². The highest BCUT2D eigenvalue weighted by atomic mass is 16.5. The van der Waals surface area contributed by atoms with E-state index in [9.17, 15) is 4.79 Å². The fourth-order valence-corrected chi connectivity index (χ4v) is 0.888. The summed E-state index contributed by atoms with van der Waals surface area (Å²) < 4.78 is 4.83. The molecule has 0 bridgehead atoms. The molecule has 0 aromatic carbocycles.